The molecular formula is C13H14N2O3S. The summed E-state index contributed by atoms with van der Waals surface area (Å²) in [7, 11) is 1.57. The minimum absolute atomic E-state index is 0.147. The number of methoxy groups -OCH3 is 1. The summed E-state index contributed by atoms with van der Waals surface area (Å²) in [5, 5.41) is 9.97. The van der Waals surface area contributed by atoms with Crippen LogP contribution in [0, 0.1) is 5.41 Å². The standard InChI is InChI=1S/C13H14N2O3S/c1-3-18-9-5-4-8(6-10(9)17-2)7-11-12(16)15-13(14)19-11/h4-7H,3H2,1-2H3,(H2,14,15,16). The van der Waals surface area contributed by atoms with Gasteiger partial charge in [0, 0.05) is 0 Å². The maximum absolute atomic E-state index is 11.5. The molecule has 6 heteroatoms. The number of rotatable bonds is 4. The number of benzene rings is 1. The van der Waals surface area contributed by atoms with Crippen molar-refractivity contribution in [1.82, 2.24) is 5.32 Å². The fourth-order valence-corrected chi connectivity index (χ4v) is 2.34. The van der Waals surface area contributed by atoms with Crippen LogP contribution in [0.2, 0.25) is 0 Å². The van der Waals surface area contributed by atoms with E-state index in [1.165, 1.54) is 0 Å². The summed E-state index contributed by atoms with van der Waals surface area (Å²) in [6.07, 6.45) is 1.72. The first-order valence-electron chi connectivity index (χ1n) is 5.74. The van der Waals surface area contributed by atoms with Gasteiger partial charge in [-0.05, 0) is 42.5 Å². The van der Waals surface area contributed by atoms with E-state index >= 15 is 0 Å². The van der Waals surface area contributed by atoms with Crippen LogP contribution in [0.15, 0.2) is 23.1 Å². The van der Waals surface area contributed by atoms with Crippen molar-refractivity contribution < 1.29 is 14.3 Å². The molecule has 19 heavy (non-hydrogen) atoms. The van der Waals surface area contributed by atoms with Crippen molar-refractivity contribution in [3.05, 3.63) is 28.7 Å². The zero-order chi connectivity index (χ0) is 13.8. The normalized spacial score (nSPS) is 16.6. The number of carbonyl (C=O) groups is 1. The third-order valence-electron chi connectivity index (χ3n) is 2.45. The van der Waals surface area contributed by atoms with Crippen LogP contribution in [0.25, 0.3) is 6.08 Å². The summed E-state index contributed by atoms with van der Waals surface area (Å²) in [6, 6.07) is 5.45. The first-order valence-corrected chi connectivity index (χ1v) is 6.56. The summed E-state index contributed by atoms with van der Waals surface area (Å²) in [4.78, 5) is 12.0. The van der Waals surface area contributed by atoms with Crippen molar-refractivity contribution >= 4 is 28.9 Å². The van der Waals surface area contributed by atoms with Gasteiger partial charge in [0.15, 0.2) is 16.7 Å². The molecule has 0 aliphatic carbocycles. The Morgan fingerprint density at radius 1 is 1.42 bits per heavy atom. The first kappa shape index (κ1) is 13.5. The van der Waals surface area contributed by atoms with Crippen LogP contribution in [0.4, 0.5) is 0 Å². The van der Waals surface area contributed by atoms with Crippen molar-refractivity contribution in [3.63, 3.8) is 0 Å². The van der Waals surface area contributed by atoms with Crippen LogP contribution in [0.3, 0.4) is 0 Å². The van der Waals surface area contributed by atoms with Crippen LogP contribution in [-0.4, -0.2) is 24.8 Å². The zero-order valence-corrected chi connectivity index (χ0v) is 11.5. The van der Waals surface area contributed by atoms with Crippen LogP contribution < -0.4 is 14.8 Å². The quantitative estimate of drug-likeness (QED) is 0.828. The molecular weight excluding hydrogens is 264 g/mol. The van der Waals surface area contributed by atoms with Gasteiger partial charge in [-0.25, -0.2) is 0 Å². The summed E-state index contributed by atoms with van der Waals surface area (Å²) < 4.78 is 10.7. The molecule has 0 aromatic heterocycles. The number of amides is 1. The number of thioether (sulfide) groups is 1. The molecule has 1 amide bonds. The van der Waals surface area contributed by atoms with Crippen molar-refractivity contribution in [2.75, 3.05) is 13.7 Å². The SMILES string of the molecule is CCOc1ccc(C=C2SC(=N)NC2=O)cc1OC. The van der Waals surface area contributed by atoms with Crippen LogP contribution in [0.5, 0.6) is 11.5 Å². The summed E-state index contributed by atoms with van der Waals surface area (Å²) in [5.74, 6) is 1.04. The van der Waals surface area contributed by atoms with Gasteiger partial charge >= 0.3 is 0 Å². The predicted molar refractivity (Wildman–Crippen MR) is 75.6 cm³/mol. The molecule has 100 valence electrons. The van der Waals surface area contributed by atoms with E-state index in [4.69, 9.17) is 14.9 Å². The van der Waals surface area contributed by atoms with Crippen LogP contribution in [0.1, 0.15) is 12.5 Å². The third kappa shape index (κ3) is 3.08. The lowest BCUT2D eigenvalue weighted by atomic mass is 10.2. The van der Waals surface area contributed by atoms with Gasteiger partial charge in [-0.15, -0.1) is 0 Å². The molecule has 0 atom stereocenters. The van der Waals surface area contributed by atoms with Crippen LogP contribution in [-0.2, 0) is 4.79 Å². The van der Waals surface area contributed by atoms with E-state index in [9.17, 15) is 4.79 Å². The van der Waals surface area contributed by atoms with E-state index in [0.717, 1.165) is 17.3 Å². The molecule has 1 fully saturated rings. The number of hydrogen-bond acceptors (Lipinski definition) is 5. The lowest BCUT2D eigenvalue weighted by molar-refractivity contribution is -0.115. The first-order chi connectivity index (χ1) is 9.13. The molecule has 1 aromatic rings. The second kappa shape index (κ2) is 5.79. The van der Waals surface area contributed by atoms with Crippen molar-refractivity contribution in [3.8, 4) is 11.5 Å². The summed E-state index contributed by atoms with van der Waals surface area (Å²) >= 11 is 1.11. The topological polar surface area (TPSA) is 71.4 Å². The second-order valence-electron chi connectivity index (χ2n) is 3.74. The minimum atomic E-state index is -0.247. The van der Waals surface area contributed by atoms with E-state index < -0.39 is 0 Å². The molecule has 0 saturated carbocycles. The minimum Gasteiger partial charge on any atom is -0.493 e. The maximum atomic E-state index is 11.5. The third-order valence-corrected chi connectivity index (χ3v) is 3.28. The molecule has 1 aromatic carbocycles. The van der Waals surface area contributed by atoms with E-state index in [1.54, 1.807) is 25.3 Å². The Morgan fingerprint density at radius 3 is 2.79 bits per heavy atom. The van der Waals surface area contributed by atoms with Crippen molar-refractivity contribution in [2.45, 2.75) is 6.92 Å². The highest BCUT2D eigenvalue weighted by molar-refractivity contribution is 8.18. The monoisotopic (exact) mass is 278 g/mol. The van der Waals surface area contributed by atoms with Crippen LogP contribution >= 0.6 is 11.8 Å². The maximum Gasteiger partial charge on any atom is 0.264 e. The molecule has 5 nitrogen and oxygen atoms in total. The molecule has 2 rings (SSSR count). The molecule has 0 unspecified atom stereocenters. The lowest BCUT2D eigenvalue weighted by Crippen LogP contribution is -2.18. The molecule has 1 aliphatic heterocycles. The number of carbonyl (C=O) groups excluding carboxylic acids is 1. The zero-order valence-electron chi connectivity index (χ0n) is 10.6. The highest BCUT2D eigenvalue weighted by Gasteiger charge is 2.22. The Hall–Kier alpha value is -1.95. The Labute approximate surface area is 115 Å². The number of nitrogens with one attached hydrogen (secondary N) is 2. The Morgan fingerprint density at radius 2 is 2.21 bits per heavy atom. The van der Waals surface area contributed by atoms with Gasteiger partial charge in [0.1, 0.15) is 0 Å². The number of amidine groups is 1. The Balaban J connectivity index is 2.29. The van der Waals surface area contributed by atoms with Gasteiger partial charge in [-0.1, -0.05) is 6.07 Å². The molecule has 0 radical (unpaired) electrons. The predicted octanol–water partition coefficient (Wildman–Crippen LogP) is 2.23. The van der Waals surface area contributed by atoms with E-state index in [0.29, 0.717) is 23.0 Å². The van der Waals surface area contributed by atoms with E-state index in [2.05, 4.69) is 5.32 Å². The second-order valence-corrected chi connectivity index (χ2v) is 4.79. The van der Waals surface area contributed by atoms with E-state index in [1.807, 2.05) is 13.0 Å². The number of ether oxygens (including phenoxy) is 2. The molecule has 1 saturated heterocycles. The average Bonchev–Trinajstić information content (AvgIpc) is 2.70. The van der Waals surface area contributed by atoms with Crippen molar-refractivity contribution in [2.24, 2.45) is 0 Å². The Bertz CT molecular complexity index is 555. The molecule has 0 spiro atoms. The van der Waals surface area contributed by atoms with E-state index in [-0.39, 0.29) is 11.1 Å². The van der Waals surface area contributed by atoms with Gasteiger partial charge < -0.3 is 14.8 Å². The highest BCUT2D eigenvalue weighted by atomic mass is 32.2. The van der Waals surface area contributed by atoms with Crippen molar-refractivity contribution in [1.29, 1.82) is 5.41 Å². The largest absolute Gasteiger partial charge is 0.493 e. The smallest absolute Gasteiger partial charge is 0.264 e. The Kier molecular flexibility index (Phi) is 4.11. The van der Waals surface area contributed by atoms with Gasteiger partial charge in [-0.3, -0.25) is 10.2 Å². The molecule has 0 bridgehead atoms. The molecule has 2 N–H and O–H groups in total. The summed E-state index contributed by atoms with van der Waals surface area (Å²) in [6.45, 7) is 2.46. The average molecular weight is 278 g/mol. The molecule has 1 aliphatic rings. The van der Waals surface area contributed by atoms with Gasteiger partial charge in [-0.2, -0.15) is 0 Å². The number of hydrogen-bond donors (Lipinski definition) is 2. The fraction of sp³-hybridized carbons (Fsp3) is 0.231. The fourth-order valence-electron chi connectivity index (χ4n) is 1.64. The summed E-state index contributed by atoms with van der Waals surface area (Å²) in [5.41, 5.74) is 0.827. The molecule has 1 heterocycles. The lowest BCUT2D eigenvalue weighted by Gasteiger charge is -2.09. The van der Waals surface area contributed by atoms with Gasteiger partial charge in [0.05, 0.1) is 18.6 Å². The van der Waals surface area contributed by atoms with Gasteiger partial charge in [0.25, 0.3) is 5.91 Å². The highest BCUT2D eigenvalue weighted by Crippen LogP contribution is 2.31. The van der Waals surface area contributed by atoms with Gasteiger partial charge in [0.2, 0.25) is 0 Å².